The second-order valence-electron chi connectivity index (χ2n) is 7.52. The lowest BCUT2D eigenvalue weighted by Crippen LogP contribution is -2.64. The zero-order valence-corrected chi connectivity index (χ0v) is 18.9. The summed E-state index contributed by atoms with van der Waals surface area (Å²) in [5.74, 6) is -0.522. The van der Waals surface area contributed by atoms with Crippen LogP contribution < -0.4 is 4.74 Å². The Kier molecular flexibility index (Phi) is 6.73. The number of carbonyl (C=O) groups is 2. The van der Waals surface area contributed by atoms with E-state index in [0.29, 0.717) is 5.75 Å². The first-order valence-electron chi connectivity index (χ1n) is 10.3. The first kappa shape index (κ1) is 22.2. The van der Waals surface area contributed by atoms with Crippen molar-refractivity contribution in [2.24, 2.45) is 0 Å². The van der Waals surface area contributed by atoms with E-state index in [1.54, 1.807) is 19.2 Å². The third-order valence-corrected chi connectivity index (χ3v) is 10.7. The van der Waals surface area contributed by atoms with Gasteiger partial charge in [0.05, 0.1) is 13.2 Å². The zero-order chi connectivity index (χ0) is 21.9. The Morgan fingerprint density at radius 3 is 2.07 bits per heavy atom. The monoisotopic (exact) mass is 429 g/mol. The molecular weight excluding hydrogens is 401 g/mol. The van der Waals surface area contributed by atoms with Crippen molar-refractivity contribution < 1.29 is 23.1 Å². The van der Waals surface area contributed by atoms with Crippen LogP contribution in [0, 0.1) is 5.82 Å². The minimum absolute atomic E-state index is 0.270. The van der Waals surface area contributed by atoms with Gasteiger partial charge in [0, 0.05) is 5.56 Å². The summed E-state index contributed by atoms with van der Waals surface area (Å²) in [6.45, 7) is 6.31. The number of carbonyl (C=O) groups excluding carboxylic acids is 2. The Bertz CT molecular complexity index is 888. The maximum absolute atomic E-state index is 13.3. The van der Waals surface area contributed by atoms with Crippen LogP contribution in [0.25, 0.3) is 0 Å². The van der Waals surface area contributed by atoms with Crippen LogP contribution in [0.5, 0.6) is 5.75 Å². The molecule has 7 heteroatoms. The Morgan fingerprint density at radius 2 is 1.57 bits per heavy atom. The highest BCUT2D eigenvalue weighted by Gasteiger charge is 2.54. The van der Waals surface area contributed by atoms with Gasteiger partial charge in [0.2, 0.25) is 0 Å². The molecule has 0 saturated carbocycles. The smallest absolute Gasteiger partial charge is 0.261 e. The summed E-state index contributed by atoms with van der Waals surface area (Å²) in [4.78, 5) is 27.4. The number of methoxy groups -OCH3 is 1. The Balaban J connectivity index is 1.96. The number of amides is 2. The number of β-lactam (4-membered cyclic amide) rings is 1. The normalized spacial score (nSPS) is 18.8. The number of imide groups is 1. The first-order valence-corrected chi connectivity index (χ1v) is 12.9. The summed E-state index contributed by atoms with van der Waals surface area (Å²) >= 11 is 0. The molecule has 0 bridgehead atoms. The number of halogens is 1. The van der Waals surface area contributed by atoms with Crippen molar-refractivity contribution >= 4 is 20.1 Å². The van der Waals surface area contributed by atoms with E-state index in [1.165, 1.54) is 29.2 Å². The van der Waals surface area contributed by atoms with Gasteiger partial charge < -0.3 is 9.16 Å². The van der Waals surface area contributed by atoms with E-state index in [2.05, 4.69) is 20.8 Å². The molecule has 30 heavy (non-hydrogen) atoms. The fourth-order valence-corrected chi connectivity index (χ4v) is 6.70. The van der Waals surface area contributed by atoms with Gasteiger partial charge in [-0.1, -0.05) is 32.9 Å². The molecule has 2 amide bonds. The lowest BCUT2D eigenvalue weighted by molar-refractivity contribution is -0.158. The molecule has 160 valence electrons. The molecule has 5 nitrogen and oxygen atoms in total. The van der Waals surface area contributed by atoms with Crippen LogP contribution in [0.1, 0.15) is 42.7 Å². The standard InChI is InChI=1S/C23H28FNO4Si/c1-5-30(6-2,7-3)29-21-20(16-10-14-19(28-4)15-11-16)25(23(21)27)22(26)17-8-12-18(24)13-9-17/h8-15,20-21H,5-7H2,1-4H3/t20-,21+/m1/s1. The van der Waals surface area contributed by atoms with Crippen LogP contribution in [-0.4, -0.2) is 38.2 Å². The minimum atomic E-state index is -2.07. The molecule has 1 fully saturated rings. The summed E-state index contributed by atoms with van der Waals surface area (Å²) < 4.78 is 25.0. The second-order valence-corrected chi connectivity index (χ2v) is 12.2. The Hall–Kier alpha value is -2.51. The lowest BCUT2D eigenvalue weighted by atomic mass is 9.90. The Morgan fingerprint density at radius 1 is 1.00 bits per heavy atom. The predicted octanol–water partition coefficient (Wildman–Crippen LogP) is 4.95. The summed E-state index contributed by atoms with van der Waals surface area (Å²) in [6, 6.07) is 14.8. The van der Waals surface area contributed by atoms with Crippen LogP contribution >= 0.6 is 0 Å². The molecule has 1 heterocycles. The largest absolute Gasteiger partial charge is 0.497 e. The van der Waals surface area contributed by atoms with Crippen LogP contribution in [0.15, 0.2) is 48.5 Å². The predicted molar refractivity (Wildman–Crippen MR) is 115 cm³/mol. The summed E-state index contributed by atoms with van der Waals surface area (Å²) in [5.41, 5.74) is 1.08. The second kappa shape index (κ2) is 9.10. The number of nitrogens with zero attached hydrogens (tertiary/aromatic N) is 1. The number of ether oxygens (including phenoxy) is 1. The van der Waals surface area contributed by atoms with Crippen molar-refractivity contribution in [3.05, 3.63) is 65.5 Å². The van der Waals surface area contributed by atoms with Crippen LogP contribution in [0.4, 0.5) is 4.39 Å². The van der Waals surface area contributed by atoms with Crippen LogP contribution in [-0.2, 0) is 9.22 Å². The van der Waals surface area contributed by atoms with Crippen molar-refractivity contribution in [3.63, 3.8) is 0 Å². The molecule has 0 N–H and O–H groups in total. The van der Waals surface area contributed by atoms with E-state index in [9.17, 15) is 14.0 Å². The molecule has 1 aliphatic rings. The van der Waals surface area contributed by atoms with Gasteiger partial charge in [-0.2, -0.15) is 0 Å². The van der Waals surface area contributed by atoms with Crippen molar-refractivity contribution in [2.45, 2.75) is 51.0 Å². The van der Waals surface area contributed by atoms with Gasteiger partial charge in [-0.15, -0.1) is 0 Å². The highest BCUT2D eigenvalue weighted by Crippen LogP contribution is 2.41. The van der Waals surface area contributed by atoms with Gasteiger partial charge in [0.25, 0.3) is 11.8 Å². The van der Waals surface area contributed by atoms with E-state index in [-0.39, 0.29) is 11.5 Å². The maximum atomic E-state index is 13.3. The number of hydrogen-bond acceptors (Lipinski definition) is 4. The summed E-state index contributed by atoms with van der Waals surface area (Å²) in [7, 11) is -0.484. The van der Waals surface area contributed by atoms with Gasteiger partial charge in [-0.3, -0.25) is 14.5 Å². The average Bonchev–Trinajstić information content (AvgIpc) is 2.79. The van der Waals surface area contributed by atoms with Gasteiger partial charge in [0.15, 0.2) is 14.4 Å². The molecule has 2 aromatic rings. The third-order valence-electron chi connectivity index (χ3n) is 6.12. The van der Waals surface area contributed by atoms with Crippen molar-refractivity contribution in [3.8, 4) is 5.75 Å². The molecule has 0 aromatic heterocycles. The molecule has 0 unspecified atom stereocenters. The molecule has 2 aromatic carbocycles. The highest BCUT2D eigenvalue weighted by atomic mass is 28.4. The van der Waals surface area contributed by atoms with E-state index in [0.717, 1.165) is 23.7 Å². The summed E-state index contributed by atoms with van der Waals surface area (Å²) in [6.07, 6.45) is -0.686. The van der Waals surface area contributed by atoms with Gasteiger partial charge >= 0.3 is 0 Å². The first-order chi connectivity index (χ1) is 14.4. The minimum Gasteiger partial charge on any atom is -0.497 e. The topological polar surface area (TPSA) is 55.8 Å². The Labute approximate surface area is 177 Å². The van der Waals surface area contributed by atoms with Gasteiger partial charge in [0.1, 0.15) is 11.6 Å². The fraction of sp³-hybridized carbons (Fsp3) is 0.391. The molecule has 2 atom stereocenters. The summed E-state index contributed by atoms with van der Waals surface area (Å²) in [5, 5.41) is 0. The number of hydrogen-bond donors (Lipinski definition) is 0. The highest BCUT2D eigenvalue weighted by molar-refractivity contribution is 6.73. The third kappa shape index (κ3) is 4.04. The number of rotatable bonds is 8. The van der Waals surface area contributed by atoms with Crippen LogP contribution in [0.2, 0.25) is 18.1 Å². The molecular formula is C23H28FNO4Si. The van der Waals surface area contributed by atoms with Crippen molar-refractivity contribution in [1.82, 2.24) is 4.90 Å². The van der Waals surface area contributed by atoms with Gasteiger partial charge in [-0.25, -0.2) is 4.39 Å². The fourth-order valence-electron chi connectivity index (χ4n) is 3.93. The van der Waals surface area contributed by atoms with Crippen LogP contribution in [0.3, 0.4) is 0 Å². The molecule has 1 saturated heterocycles. The maximum Gasteiger partial charge on any atom is 0.261 e. The van der Waals surface area contributed by atoms with E-state index >= 15 is 0 Å². The van der Waals surface area contributed by atoms with Crippen molar-refractivity contribution in [1.29, 1.82) is 0 Å². The van der Waals surface area contributed by atoms with Gasteiger partial charge in [-0.05, 0) is 60.1 Å². The van der Waals surface area contributed by atoms with E-state index < -0.39 is 32.2 Å². The molecule has 0 aliphatic carbocycles. The number of likely N-dealkylation sites (tertiary alicyclic amines) is 1. The lowest BCUT2D eigenvalue weighted by Gasteiger charge is -2.48. The SMILES string of the molecule is CC[Si](CC)(CC)O[C@@H]1C(=O)N(C(=O)c2ccc(F)cc2)[C@@H]1c1ccc(OC)cc1. The number of benzene rings is 2. The van der Waals surface area contributed by atoms with E-state index in [4.69, 9.17) is 9.16 Å². The molecule has 3 rings (SSSR count). The molecule has 0 spiro atoms. The average molecular weight is 430 g/mol. The van der Waals surface area contributed by atoms with Crippen molar-refractivity contribution in [2.75, 3.05) is 7.11 Å². The molecule has 0 radical (unpaired) electrons. The zero-order valence-electron chi connectivity index (χ0n) is 17.9. The quantitative estimate of drug-likeness (QED) is 0.339. The van der Waals surface area contributed by atoms with E-state index in [1.807, 2.05) is 12.1 Å². The molecule has 1 aliphatic heterocycles.